The van der Waals surface area contributed by atoms with E-state index in [-0.39, 0.29) is 19.5 Å². The Balaban J connectivity index is 0.000000750. The molecule has 0 aliphatic heterocycles. The van der Waals surface area contributed by atoms with Crippen LogP contribution < -0.4 is 0 Å². The molecule has 14 heavy (non-hydrogen) atoms. The molecule has 0 unspecified atom stereocenters. The molecule has 1 aliphatic rings. The maximum atomic E-state index is 3.30. The van der Waals surface area contributed by atoms with Crippen molar-refractivity contribution in [3.05, 3.63) is 59.7 Å². The molecule has 0 saturated heterocycles. The third-order valence-electron chi connectivity index (χ3n) is 2.62. The Morgan fingerprint density at radius 2 is 1.71 bits per heavy atom. The normalized spacial score (nSPS) is 11.4. The zero-order chi connectivity index (χ0) is 8.67. The molecule has 0 aromatic heterocycles. The van der Waals surface area contributed by atoms with Crippen LogP contribution in [0.25, 0.3) is 11.1 Å². The van der Waals surface area contributed by atoms with Crippen LogP contribution in [0, 0.1) is 6.07 Å². The summed E-state index contributed by atoms with van der Waals surface area (Å²) >= 11 is 0. The average Bonchev–Trinajstić information content (AvgIpc) is 2.56. The number of rotatable bonds is 0. The second-order valence-corrected chi connectivity index (χ2v) is 3.40. The summed E-state index contributed by atoms with van der Waals surface area (Å²) in [6.07, 6.45) is 1.05. The molecule has 0 atom stereocenters. The minimum absolute atomic E-state index is 0. The van der Waals surface area contributed by atoms with Gasteiger partial charge in [0.05, 0.1) is 0 Å². The van der Waals surface area contributed by atoms with E-state index in [2.05, 4.69) is 42.5 Å². The van der Waals surface area contributed by atoms with E-state index in [1.165, 1.54) is 22.3 Å². The third-order valence-corrected chi connectivity index (χ3v) is 2.62. The predicted octanol–water partition coefficient (Wildman–Crippen LogP) is 3.06. The molecule has 1 aliphatic carbocycles. The summed E-state index contributed by atoms with van der Waals surface area (Å²) in [6, 6.07) is 18.1. The van der Waals surface area contributed by atoms with Crippen molar-refractivity contribution in [2.45, 2.75) is 6.42 Å². The number of hydrogen-bond acceptors (Lipinski definition) is 0. The smallest absolute Gasteiger partial charge is 0 e. The van der Waals surface area contributed by atoms with Gasteiger partial charge in [-0.05, 0) is 6.42 Å². The van der Waals surface area contributed by atoms with Gasteiger partial charge in [0.15, 0.2) is 0 Å². The fraction of sp³-hybridized carbons (Fsp3) is 0.0769. The molecule has 0 spiro atoms. The molecule has 2 aromatic carbocycles. The Morgan fingerprint density at radius 1 is 0.929 bits per heavy atom. The molecule has 0 nitrogen and oxygen atoms in total. The van der Waals surface area contributed by atoms with Crippen LogP contribution in [-0.2, 0) is 25.9 Å². The summed E-state index contributed by atoms with van der Waals surface area (Å²) in [5, 5.41) is 0. The monoisotopic (exact) mass is 229 g/mol. The first-order valence-electron chi connectivity index (χ1n) is 4.53. The van der Waals surface area contributed by atoms with Gasteiger partial charge >= 0.3 is 0 Å². The van der Waals surface area contributed by atoms with Crippen LogP contribution in [-0.4, -0.2) is 0 Å². The zero-order valence-corrected chi connectivity index (χ0v) is 10.9. The van der Waals surface area contributed by atoms with Gasteiger partial charge in [-0.15, -0.1) is 5.56 Å². The largest absolute Gasteiger partial charge is 0.179 e. The van der Waals surface area contributed by atoms with Crippen molar-refractivity contribution in [2.24, 2.45) is 0 Å². The van der Waals surface area contributed by atoms with E-state index in [4.69, 9.17) is 0 Å². The van der Waals surface area contributed by atoms with Crippen LogP contribution in [0.3, 0.4) is 0 Å². The van der Waals surface area contributed by atoms with E-state index in [0.29, 0.717) is 0 Å². The number of fused-ring (bicyclic) bond motifs is 3. The van der Waals surface area contributed by atoms with Crippen LogP contribution >= 0.6 is 0 Å². The average molecular weight is 231 g/mol. The first kappa shape index (κ1) is 9.61. The second-order valence-electron chi connectivity index (χ2n) is 3.40. The Bertz CT molecular complexity index is 417. The Kier molecular flexibility index (Phi) is 2.52. The number of benzene rings is 2. The molecular weight excluding hydrogens is 222 g/mol. The maximum Gasteiger partial charge on any atom is 0 e. The van der Waals surface area contributed by atoms with Crippen molar-refractivity contribution in [1.82, 2.24) is 0 Å². The van der Waals surface area contributed by atoms with Gasteiger partial charge in [0.1, 0.15) is 0 Å². The molecule has 0 bridgehead atoms. The van der Waals surface area contributed by atoms with Gasteiger partial charge in [-0.2, -0.15) is 29.8 Å². The predicted molar refractivity (Wildman–Crippen MR) is 53.5 cm³/mol. The van der Waals surface area contributed by atoms with Crippen LogP contribution in [0.1, 0.15) is 11.1 Å². The first-order chi connectivity index (χ1) is 6.45. The third kappa shape index (κ3) is 1.33. The van der Waals surface area contributed by atoms with E-state index in [1.54, 1.807) is 0 Å². The summed E-state index contributed by atoms with van der Waals surface area (Å²) in [5.41, 5.74) is 5.51. The minimum Gasteiger partial charge on any atom is -0.179 e. The summed E-state index contributed by atoms with van der Waals surface area (Å²) in [5.74, 6) is 0. The molecule has 3 rings (SSSR count). The minimum atomic E-state index is 0. The second kappa shape index (κ2) is 3.67. The summed E-state index contributed by atoms with van der Waals surface area (Å²) in [6.45, 7) is 0. The molecule has 0 fully saturated rings. The van der Waals surface area contributed by atoms with E-state index in [1.807, 2.05) is 6.07 Å². The SMILES string of the molecule is [Zn].[c-]1cccc2c1Cc1ccccc1-2. The molecule has 2 aromatic rings. The van der Waals surface area contributed by atoms with Crippen molar-refractivity contribution in [3.8, 4) is 11.1 Å². The molecular formula is C13H9Zn-. The van der Waals surface area contributed by atoms with E-state index < -0.39 is 0 Å². The van der Waals surface area contributed by atoms with E-state index in [0.717, 1.165) is 6.42 Å². The molecule has 0 amide bonds. The Morgan fingerprint density at radius 3 is 2.64 bits per heavy atom. The quantitative estimate of drug-likeness (QED) is 0.411. The van der Waals surface area contributed by atoms with Crippen molar-refractivity contribution in [2.75, 3.05) is 0 Å². The van der Waals surface area contributed by atoms with Gasteiger partial charge < -0.3 is 0 Å². The van der Waals surface area contributed by atoms with E-state index in [9.17, 15) is 0 Å². The maximum absolute atomic E-state index is 3.30. The van der Waals surface area contributed by atoms with E-state index >= 15 is 0 Å². The summed E-state index contributed by atoms with van der Waals surface area (Å²) in [7, 11) is 0. The van der Waals surface area contributed by atoms with Crippen LogP contribution in [0.2, 0.25) is 0 Å². The first-order valence-corrected chi connectivity index (χ1v) is 4.53. The van der Waals surface area contributed by atoms with Gasteiger partial charge in [-0.25, -0.2) is 0 Å². The summed E-state index contributed by atoms with van der Waals surface area (Å²) < 4.78 is 0. The van der Waals surface area contributed by atoms with Crippen LogP contribution in [0.5, 0.6) is 0 Å². The van der Waals surface area contributed by atoms with Crippen molar-refractivity contribution >= 4 is 0 Å². The van der Waals surface area contributed by atoms with Gasteiger partial charge in [-0.3, -0.25) is 0 Å². The molecule has 0 N–H and O–H groups in total. The number of hydrogen-bond donors (Lipinski definition) is 0. The zero-order valence-electron chi connectivity index (χ0n) is 7.96. The van der Waals surface area contributed by atoms with Crippen molar-refractivity contribution in [1.29, 1.82) is 0 Å². The molecule has 0 heterocycles. The van der Waals surface area contributed by atoms with Gasteiger partial charge in [0, 0.05) is 19.5 Å². The fourth-order valence-electron chi connectivity index (χ4n) is 2.00. The topological polar surface area (TPSA) is 0 Å². The summed E-state index contributed by atoms with van der Waals surface area (Å²) in [4.78, 5) is 0. The standard InChI is InChI=1S/C13H9.Zn/c1-3-7-12-10(5-1)9-11-6-2-4-8-13(11)12;/h1-5,7-8H,9H2;/q-1;. The van der Waals surface area contributed by atoms with Crippen LogP contribution in [0.4, 0.5) is 0 Å². The van der Waals surface area contributed by atoms with Crippen molar-refractivity contribution < 1.29 is 19.5 Å². The Hall–Kier alpha value is -0.937. The van der Waals surface area contributed by atoms with Crippen molar-refractivity contribution in [3.63, 3.8) is 0 Å². The molecule has 64 valence electrons. The fourth-order valence-corrected chi connectivity index (χ4v) is 2.00. The van der Waals surface area contributed by atoms with Gasteiger partial charge in [-0.1, -0.05) is 35.4 Å². The van der Waals surface area contributed by atoms with Gasteiger partial charge in [0.2, 0.25) is 0 Å². The Labute approximate surface area is 96.7 Å². The molecule has 1 heteroatoms. The molecule has 0 radical (unpaired) electrons. The van der Waals surface area contributed by atoms with Gasteiger partial charge in [0.25, 0.3) is 0 Å². The van der Waals surface area contributed by atoms with Crippen LogP contribution in [0.15, 0.2) is 42.5 Å². The molecule has 0 saturated carbocycles.